The van der Waals surface area contributed by atoms with Crippen LogP contribution in [0.5, 0.6) is 0 Å². The second-order valence-corrected chi connectivity index (χ2v) is 5.05. The van der Waals surface area contributed by atoms with Gasteiger partial charge in [-0.25, -0.2) is 4.39 Å². The Morgan fingerprint density at radius 2 is 2.00 bits per heavy atom. The maximum absolute atomic E-state index is 12.7. The zero-order valence-electron chi connectivity index (χ0n) is 9.17. The van der Waals surface area contributed by atoms with Gasteiger partial charge in [0.05, 0.1) is 9.90 Å². The SMILES string of the molecule is Cc1csc(C(=O)Cc2ccc(F)cc2)c1Cl. The Balaban J connectivity index is 2.17. The maximum atomic E-state index is 12.7. The van der Waals surface area contributed by atoms with Crippen LogP contribution in [-0.2, 0) is 6.42 Å². The van der Waals surface area contributed by atoms with E-state index in [-0.39, 0.29) is 18.0 Å². The second-order valence-electron chi connectivity index (χ2n) is 3.79. The van der Waals surface area contributed by atoms with Crippen LogP contribution < -0.4 is 0 Å². The van der Waals surface area contributed by atoms with Gasteiger partial charge in [0.15, 0.2) is 5.78 Å². The molecule has 0 unspecified atom stereocenters. The molecule has 4 heteroatoms. The molecule has 0 fully saturated rings. The minimum atomic E-state index is -0.300. The number of hydrogen-bond acceptors (Lipinski definition) is 2. The minimum absolute atomic E-state index is 0.0280. The molecule has 0 aliphatic rings. The molecule has 0 N–H and O–H groups in total. The lowest BCUT2D eigenvalue weighted by atomic mass is 10.1. The van der Waals surface area contributed by atoms with E-state index in [1.54, 1.807) is 12.1 Å². The first-order valence-corrected chi connectivity index (χ1v) is 6.35. The van der Waals surface area contributed by atoms with E-state index >= 15 is 0 Å². The van der Waals surface area contributed by atoms with Crippen molar-refractivity contribution < 1.29 is 9.18 Å². The molecule has 2 aromatic rings. The van der Waals surface area contributed by atoms with E-state index in [0.717, 1.165) is 11.1 Å². The quantitative estimate of drug-likeness (QED) is 0.760. The summed E-state index contributed by atoms with van der Waals surface area (Å²) < 4.78 is 12.7. The van der Waals surface area contributed by atoms with Gasteiger partial charge in [-0.1, -0.05) is 23.7 Å². The normalized spacial score (nSPS) is 10.5. The Labute approximate surface area is 108 Å². The van der Waals surface area contributed by atoms with Crippen LogP contribution in [0.4, 0.5) is 4.39 Å². The van der Waals surface area contributed by atoms with Crippen molar-refractivity contribution in [1.82, 2.24) is 0 Å². The molecule has 1 nitrogen and oxygen atoms in total. The summed E-state index contributed by atoms with van der Waals surface area (Å²) in [6, 6.07) is 5.93. The van der Waals surface area contributed by atoms with E-state index in [9.17, 15) is 9.18 Å². The molecule has 0 aliphatic heterocycles. The molecular formula is C13H10ClFOS. The van der Waals surface area contributed by atoms with E-state index in [2.05, 4.69) is 0 Å². The van der Waals surface area contributed by atoms with Crippen molar-refractivity contribution in [1.29, 1.82) is 0 Å². The first-order chi connectivity index (χ1) is 8.08. The lowest BCUT2D eigenvalue weighted by molar-refractivity contribution is 0.0997. The number of carbonyl (C=O) groups excluding carboxylic acids is 1. The summed E-state index contributed by atoms with van der Waals surface area (Å²) in [5.74, 6) is -0.328. The van der Waals surface area contributed by atoms with Crippen LogP contribution >= 0.6 is 22.9 Å². The van der Waals surface area contributed by atoms with Crippen molar-refractivity contribution in [3.63, 3.8) is 0 Å². The van der Waals surface area contributed by atoms with Gasteiger partial charge in [0.1, 0.15) is 5.82 Å². The largest absolute Gasteiger partial charge is 0.293 e. The zero-order chi connectivity index (χ0) is 12.4. The van der Waals surface area contributed by atoms with E-state index in [0.29, 0.717) is 9.90 Å². The molecule has 88 valence electrons. The smallest absolute Gasteiger partial charge is 0.178 e. The third-order valence-corrected chi connectivity index (χ3v) is 4.17. The number of thiophene rings is 1. The summed E-state index contributed by atoms with van der Waals surface area (Å²) in [6.45, 7) is 1.87. The molecule has 0 saturated carbocycles. The monoisotopic (exact) mass is 268 g/mol. The maximum Gasteiger partial charge on any atom is 0.178 e. The van der Waals surface area contributed by atoms with Crippen LogP contribution in [0.3, 0.4) is 0 Å². The number of aryl methyl sites for hydroxylation is 1. The Kier molecular flexibility index (Phi) is 3.60. The highest BCUT2D eigenvalue weighted by atomic mass is 35.5. The van der Waals surface area contributed by atoms with Crippen LogP contribution in [0, 0.1) is 12.7 Å². The molecule has 1 aromatic heterocycles. The molecule has 0 radical (unpaired) electrons. The van der Waals surface area contributed by atoms with Crippen molar-refractivity contribution in [2.45, 2.75) is 13.3 Å². The van der Waals surface area contributed by atoms with Gasteiger partial charge in [-0.05, 0) is 35.6 Å². The highest BCUT2D eigenvalue weighted by molar-refractivity contribution is 7.13. The minimum Gasteiger partial charge on any atom is -0.293 e. The van der Waals surface area contributed by atoms with Gasteiger partial charge in [0.25, 0.3) is 0 Å². The Morgan fingerprint density at radius 1 is 1.35 bits per heavy atom. The van der Waals surface area contributed by atoms with Gasteiger partial charge >= 0.3 is 0 Å². The van der Waals surface area contributed by atoms with Gasteiger partial charge in [-0.3, -0.25) is 4.79 Å². The van der Waals surface area contributed by atoms with Gasteiger partial charge in [-0.2, -0.15) is 0 Å². The van der Waals surface area contributed by atoms with E-state index in [1.807, 2.05) is 12.3 Å². The van der Waals surface area contributed by atoms with Crippen LogP contribution in [0.25, 0.3) is 0 Å². The van der Waals surface area contributed by atoms with Crippen molar-refractivity contribution in [3.05, 3.63) is 56.5 Å². The van der Waals surface area contributed by atoms with Gasteiger partial charge in [0, 0.05) is 6.42 Å². The standard InChI is InChI=1S/C13H10ClFOS/c1-8-7-17-13(12(8)14)11(16)6-9-2-4-10(15)5-3-9/h2-5,7H,6H2,1H3. The van der Waals surface area contributed by atoms with Crippen LogP contribution in [-0.4, -0.2) is 5.78 Å². The molecular weight excluding hydrogens is 259 g/mol. The van der Waals surface area contributed by atoms with Crippen molar-refractivity contribution in [2.24, 2.45) is 0 Å². The van der Waals surface area contributed by atoms with Crippen LogP contribution in [0.2, 0.25) is 5.02 Å². The average molecular weight is 269 g/mol. The highest BCUT2D eigenvalue weighted by Gasteiger charge is 2.14. The molecule has 0 spiro atoms. The molecule has 1 heterocycles. The predicted octanol–water partition coefficient (Wildman–Crippen LogP) is 4.27. The number of halogens is 2. The van der Waals surface area contributed by atoms with Crippen LogP contribution in [0.15, 0.2) is 29.6 Å². The highest BCUT2D eigenvalue weighted by Crippen LogP contribution is 2.28. The first kappa shape index (κ1) is 12.3. The number of benzene rings is 1. The van der Waals surface area contributed by atoms with Gasteiger partial charge in [-0.15, -0.1) is 11.3 Å². The first-order valence-electron chi connectivity index (χ1n) is 5.09. The summed E-state index contributed by atoms with van der Waals surface area (Å²) in [7, 11) is 0. The molecule has 17 heavy (non-hydrogen) atoms. The number of ketones is 1. The fourth-order valence-electron chi connectivity index (χ4n) is 1.49. The Morgan fingerprint density at radius 3 is 2.53 bits per heavy atom. The molecule has 2 rings (SSSR count). The predicted molar refractivity (Wildman–Crippen MR) is 68.5 cm³/mol. The van der Waals surface area contributed by atoms with Gasteiger partial charge in [0.2, 0.25) is 0 Å². The fourth-order valence-corrected chi connectivity index (χ4v) is 2.72. The summed E-state index contributed by atoms with van der Waals surface area (Å²) in [5, 5.41) is 2.39. The number of Topliss-reactive ketones (excluding diaryl/α,β-unsaturated/α-hetero) is 1. The number of hydrogen-bond donors (Lipinski definition) is 0. The summed E-state index contributed by atoms with van der Waals surface area (Å²) in [6.07, 6.45) is 0.250. The topological polar surface area (TPSA) is 17.1 Å². The molecule has 0 aliphatic carbocycles. The van der Waals surface area contributed by atoms with E-state index in [4.69, 9.17) is 11.6 Å². The summed E-state index contributed by atoms with van der Waals surface area (Å²) in [4.78, 5) is 12.5. The third kappa shape index (κ3) is 2.73. The zero-order valence-corrected chi connectivity index (χ0v) is 10.7. The van der Waals surface area contributed by atoms with Gasteiger partial charge < -0.3 is 0 Å². The van der Waals surface area contributed by atoms with E-state index < -0.39 is 0 Å². The molecule has 0 amide bonds. The summed E-state index contributed by atoms with van der Waals surface area (Å²) >= 11 is 7.38. The lowest BCUT2D eigenvalue weighted by Crippen LogP contribution is -2.01. The number of carbonyl (C=O) groups is 1. The van der Waals surface area contributed by atoms with E-state index in [1.165, 1.54) is 23.5 Å². The van der Waals surface area contributed by atoms with Crippen LogP contribution in [0.1, 0.15) is 20.8 Å². The lowest BCUT2D eigenvalue weighted by Gasteiger charge is -2.00. The van der Waals surface area contributed by atoms with Crippen molar-refractivity contribution >= 4 is 28.7 Å². The summed E-state index contributed by atoms with van der Waals surface area (Å²) in [5.41, 5.74) is 1.71. The Hall–Kier alpha value is -1.19. The van der Waals surface area contributed by atoms with Crippen molar-refractivity contribution in [3.8, 4) is 0 Å². The average Bonchev–Trinajstić information content (AvgIpc) is 2.63. The molecule has 0 atom stereocenters. The molecule has 1 aromatic carbocycles. The fraction of sp³-hybridized carbons (Fsp3) is 0.154. The van der Waals surface area contributed by atoms with Crippen molar-refractivity contribution in [2.75, 3.05) is 0 Å². The number of rotatable bonds is 3. The third-order valence-electron chi connectivity index (χ3n) is 2.43. The molecule has 0 bridgehead atoms. The second kappa shape index (κ2) is 4.98. The molecule has 0 saturated heterocycles. The Bertz CT molecular complexity index is 545.